The van der Waals surface area contributed by atoms with Gasteiger partial charge in [0.25, 0.3) is 5.91 Å². The number of hydrogen-bond donors (Lipinski definition) is 1. The summed E-state index contributed by atoms with van der Waals surface area (Å²) in [7, 11) is -0.695. The van der Waals surface area contributed by atoms with Gasteiger partial charge in [0, 0.05) is 24.8 Å². The van der Waals surface area contributed by atoms with Crippen LogP contribution < -0.4 is 10.1 Å². The van der Waals surface area contributed by atoms with Crippen molar-refractivity contribution in [3.63, 3.8) is 0 Å². The minimum atomic E-state index is -3.60. The van der Waals surface area contributed by atoms with Crippen LogP contribution in [-0.4, -0.2) is 38.8 Å². The number of anilines is 1. The van der Waals surface area contributed by atoms with Crippen LogP contribution in [0.1, 0.15) is 12.5 Å². The third-order valence-corrected chi connectivity index (χ3v) is 6.48. The van der Waals surface area contributed by atoms with E-state index in [0.29, 0.717) is 20.9 Å². The Balaban J connectivity index is 2.19. The zero-order chi connectivity index (χ0) is 20.4. The van der Waals surface area contributed by atoms with E-state index in [1.807, 2.05) is 0 Å². The van der Waals surface area contributed by atoms with Gasteiger partial charge in [0.1, 0.15) is 5.75 Å². The number of carbonyl (C=O) groups excluding carboxylic acids is 1. The van der Waals surface area contributed by atoms with Gasteiger partial charge >= 0.3 is 0 Å². The lowest BCUT2D eigenvalue weighted by molar-refractivity contribution is -0.122. The molecule has 1 N–H and O–H groups in total. The standard InChI is InChI=1S/C18H20BrClN2O4S/c1-11-5-7-14(27(24,25)22(3)4)10-16(11)21-18(23)12(2)26-17-8-6-13(20)9-15(17)19/h5-10,12H,1-4H3,(H,21,23). The van der Waals surface area contributed by atoms with Crippen LogP contribution in [0.4, 0.5) is 5.69 Å². The first kappa shape index (κ1) is 21.7. The van der Waals surface area contributed by atoms with Crippen molar-refractivity contribution in [2.75, 3.05) is 19.4 Å². The van der Waals surface area contributed by atoms with Crippen molar-refractivity contribution in [2.45, 2.75) is 24.8 Å². The molecule has 146 valence electrons. The molecule has 1 unspecified atom stereocenters. The summed E-state index contributed by atoms with van der Waals surface area (Å²) in [4.78, 5) is 12.6. The topological polar surface area (TPSA) is 75.7 Å². The first-order valence-electron chi connectivity index (χ1n) is 7.98. The van der Waals surface area contributed by atoms with E-state index in [1.165, 1.54) is 26.2 Å². The number of hydrogen-bond acceptors (Lipinski definition) is 4. The molecule has 1 atom stereocenters. The molecule has 0 aliphatic rings. The van der Waals surface area contributed by atoms with Gasteiger partial charge in [-0.05, 0) is 65.7 Å². The molecule has 27 heavy (non-hydrogen) atoms. The van der Waals surface area contributed by atoms with Gasteiger partial charge in [0.05, 0.1) is 9.37 Å². The first-order chi connectivity index (χ1) is 12.5. The average molecular weight is 476 g/mol. The Morgan fingerprint density at radius 1 is 1.22 bits per heavy atom. The largest absolute Gasteiger partial charge is 0.480 e. The van der Waals surface area contributed by atoms with Crippen molar-refractivity contribution in [3.05, 3.63) is 51.5 Å². The zero-order valence-corrected chi connectivity index (χ0v) is 18.4. The molecule has 2 aromatic carbocycles. The van der Waals surface area contributed by atoms with E-state index in [0.717, 1.165) is 9.87 Å². The smallest absolute Gasteiger partial charge is 0.265 e. The number of rotatable bonds is 6. The Morgan fingerprint density at radius 3 is 2.48 bits per heavy atom. The normalized spacial score (nSPS) is 12.7. The SMILES string of the molecule is Cc1ccc(S(=O)(=O)N(C)C)cc1NC(=O)C(C)Oc1ccc(Cl)cc1Br. The number of carbonyl (C=O) groups is 1. The minimum absolute atomic E-state index is 0.0995. The fourth-order valence-electron chi connectivity index (χ4n) is 2.16. The molecule has 1 amide bonds. The van der Waals surface area contributed by atoms with Crippen molar-refractivity contribution >= 4 is 49.1 Å². The number of benzene rings is 2. The van der Waals surface area contributed by atoms with Crippen LogP contribution >= 0.6 is 27.5 Å². The van der Waals surface area contributed by atoms with Crippen LogP contribution in [0.5, 0.6) is 5.75 Å². The average Bonchev–Trinajstić information content (AvgIpc) is 2.58. The quantitative estimate of drug-likeness (QED) is 0.683. The highest BCUT2D eigenvalue weighted by molar-refractivity contribution is 9.10. The van der Waals surface area contributed by atoms with Crippen LogP contribution in [0.3, 0.4) is 0 Å². The second-order valence-corrected chi connectivity index (χ2v) is 9.53. The van der Waals surface area contributed by atoms with E-state index in [2.05, 4.69) is 21.2 Å². The minimum Gasteiger partial charge on any atom is -0.480 e. The highest BCUT2D eigenvalue weighted by Gasteiger charge is 2.21. The monoisotopic (exact) mass is 474 g/mol. The number of halogens is 2. The molecule has 0 radical (unpaired) electrons. The summed E-state index contributed by atoms with van der Waals surface area (Å²) in [6.07, 6.45) is -0.809. The van der Waals surface area contributed by atoms with Gasteiger partial charge in [0.15, 0.2) is 6.10 Å². The number of amides is 1. The van der Waals surface area contributed by atoms with Crippen molar-refractivity contribution in [2.24, 2.45) is 0 Å². The number of nitrogens with zero attached hydrogens (tertiary/aromatic N) is 1. The number of aryl methyl sites for hydroxylation is 1. The molecule has 0 aliphatic heterocycles. The lowest BCUT2D eigenvalue weighted by atomic mass is 10.2. The maximum absolute atomic E-state index is 12.5. The van der Waals surface area contributed by atoms with E-state index >= 15 is 0 Å². The van der Waals surface area contributed by atoms with Crippen molar-refractivity contribution in [1.29, 1.82) is 0 Å². The van der Waals surface area contributed by atoms with E-state index in [4.69, 9.17) is 16.3 Å². The molecular formula is C18H20BrClN2O4S. The number of nitrogens with one attached hydrogen (secondary N) is 1. The third kappa shape index (κ3) is 5.22. The zero-order valence-electron chi connectivity index (χ0n) is 15.3. The number of sulfonamides is 1. The Hall–Kier alpha value is -1.61. The molecule has 0 fully saturated rings. The van der Waals surface area contributed by atoms with E-state index in [9.17, 15) is 13.2 Å². The Morgan fingerprint density at radius 2 is 1.89 bits per heavy atom. The second-order valence-electron chi connectivity index (χ2n) is 6.09. The molecule has 0 bridgehead atoms. The summed E-state index contributed by atoms with van der Waals surface area (Å²) in [6, 6.07) is 9.57. The van der Waals surface area contributed by atoms with Crippen molar-refractivity contribution in [3.8, 4) is 5.75 Å². The maximum Gasteiger partial charge on any atom is 0.265 e. The molecule has 2 aromatic rings. The maximum atomic E-state index is 12.5. The van der Waals surface area contributed by atoms with Gasteiger partial charge < -0.3 is 10.1 Å². The van der Waals surface area contributed by atoms with Gasteiger partial charge in [-0.3, -0.25) is 4.79 Å². The molecule has 0 spiro atoms. The number of ether oxygens (including phenoxy) is 1. The van der Waals surface area contributed by atoms with Crippen LogP contribution in [0.15, 0.2) is 45.8 Å². The predicted molar refractivity (Wildman–Crippen MR) is 110 cm³/mol. The summed E-state index contributed by atoms with van der Waals surface area (Å²) in [5, 5.41) is 3.27. The lowest BCUT2D eigenvalue weighted by Gasteiger charge is -2.18. The summed E-state index contributed by atoms with van der Waals surface area (Å²) >= 11 is 9.23. The van der Waals surface area contributed by atoms with E-state index in [1.54, 1.807) is 38.1 Å². The van der Waals surface area contributed by atoms with Gasteiger partial charge in [-0.2, -0.15) is 0 Å². The van der Waals surface area contributed by atoms with E-state index in [-0.39, 0.29) is 4.90 Å². The Kier molecular flexibility index (Phi) is 6.91. The van der Waals surface area contributed by atoms with Gasteiger partial charge in [-0.25, -0.2) is 12.7 Å². The third-order valence-electron chi connectivity index (χ3n) is 3.81. The van der Waals surface area contributed by atoms with Crippen molar-refractivity contribution in [1.82, 2.24) is 4.31 Å². The van der Waals surface area contributed by atoms with Crippen molar-refractivity contribution < 1.29 is 17.9 Å². The van der Waals surface area contributed by atoms with Crippen LogP contribution in [0.2, 0.25) is 5.02 Å². The molecule has 6 nitrogen and oxygen atoms in total. The van der Waals surface area contributed by atoms with Gasteiger partial charge in [0.2, 0.25) is 10.0 Å². The summed E-state index contributed by atoms with van der Waals surface area (Å²) < 4.78 is 32.0. The Bertz CT molecular complexity index is 964. The molecule has 0 aromatic heterocycles. The molecule has 9 heteroatoms. The summed E-state index contributed by atoms with van der Waals surface area (Å²) in [5.41, 5.74) is 1.15. The fourth-order valence-corrected chi connectivity index (χ4v) is 3.86. The second kappa shape index (κ2) is 8.60. The first-order valence-corrected chi connectivity index (χ1v) is 10.6. The van der Waals surface area contributed by atoms with Gasteiger partial charge in [-0.15, -0.1) is 0 Å². The fraction of sp³-hybridized carbons (Fsp3) is 0.278. The van der Waals surface area contributed by atoms with Crippen LogP contribution in [-0.2, 0) is 14.8 Å². The molecule has 0 aliphatic carbocycles. The highest BCUT2D eigenvalue weighted by Crippen LogP contribution is 2.29. The summed E-state index contributed by atoms with van der Waals surface area (Å²) in [5.74, 6) is 0.0714. The lowest BCUT2D eigenvalue weighted by Crippen LogP contribution is -2.30. The molecular weight excluding hydrogens is 456 g/mol. The molecule has 0 saturated heterocycles. The van der Waals surface area contributed by atoms with Crippen LogP contribution in [0.25, 0.3) is 0 Å². The molecule has 0 saturated carbocycles. The molecule has 2 rings (SSSR count). The highest BCUT2D eigenvalue weighted by atomic mass is 79.9. The summed E-state index contributed by atoms with van der Waals surface area (Å²) in [6.45, 7) is 3.38. The van der Waals surface area contributed by atoms with E-state index < -0.39 is 22.0 Å². The Labute approximate surface area is 172 Å². The van der Waals surface area contributed by atoms with Gasteiger partial charge in [-0.1, -0.05) is 17.7 Å². The predicted octanol–water partition coefficient (Wildman–Crippen LogP) is 4.07. The van der Waals surface area contributed by atoms with Crippen LogP contribution in [0, 0.1) is 6.92 Å². The molecule has 0 heterocycles.